The van der Waals surface area contributed by atoms with Gasteiger partial charge in [0, 0.05) is 35.6 Å². The number of nitrogens with one attached hydrogen (secondary N) is 1. The summed E-state index contributed by atoms with van der Waals surface area (Å²) in [5, 5.41) is 18.3. The largest absolute Gasteiger partial charge is 0.375 e. The third kappa shape index (κ3) is 3.11. The van der Waals surface area contributed by atoms with E-state index in [4.69, 9.17) is 11.6 Å². The molecule has 0 atom stereocenters. The lowest BCUT2D eigenvalue weighted by Gasteiger charge is -2.05. The molecule has 0 saturated carbocycles. The number of halogens is 1. The molecule has 1 aromatic carbocycles. The van der Waals surface area contributed by atoms with Gasteiger partial charge in [0.15, 0.2) is 0 Å². The maximum atomic E-state index is 10.9. The van der Waals surface area contributed by atoms with Crippen molar-refractivity contribution in [1.29, 1.82) is 0 Å². The Morgan fingerprint density at radius 1 is 1.58 bits per heavy atom. The first kappa shape index (κ1) is 13.1. The second kappa shape index (κ2) is 5.53. The first-order valence-electron chi connectivity index (χ1n) is 5.43. The van der Waals surface area contributed by atoms with Gasteiger partial charge in [-0.05, 0) is 12.1 Å². The number of rotatable bonds is 5. The Bertz CT molecular complexity index is 624. The van der Waals surface area contributed by atoms with Crippen molar-refractivity contribution >= 4 is 29.2 Å². The van der Waals surface area contributed by atoms with Gasteiger partial charge in [-0.25, -0.2) is 4.68 Å². The van der Waals surface area contributed by atoms with Crippen LogP contribution in [0.3, 0.4) is 0 Å². The summed E-state index contributed by atoms with van der Waals surface area (Å²) in [5.74, 6) is 0. The summed E-state index contributed by atoms with van der Waals surface area (Å²) in [6.07, 6.45) is 5.01. The second-order valence-corrected chi connectivity index (χ2v) is 4.22. The van der Waals surface area contributed by atoms with Gasteiger partial charge < -0.3 is 5.32 Å². The van der Waals surface area contributed by atoms with E-state index in [2.05, 4.69) is 17.0 Å². The highest BCUT2D eigenvalue weighted by Crippen LogP contribution is 2.28. The highest BCUT2D eigenvalue weighted by Gasteiger charge is 2.13. The van der Waals surface area contributed by atoms with Gasteiger partial charge in [-0.1, -0.05) is 18.2 Å². The molecule has 19 heavy (non-hydrogen) atoms. The number of hydrogen-bond donors (Lipinski definition) is 1. The van der Waals surface area contributed by atoms with Crippen molar-refractivity contribution in [2.24, 2.45) is 0 Å². The van der Waals surface area contributed by atoms with Crippen LogP contribution in [-0.4, -0.2) is 14.7 Å². The molecule has 0 aliphatic rings. The highest BCUT2D eigenvalue weighted by atomic mass is 35.5. The zero-order valence-electron chi connectivity index (χ0n) is 9.91. The topological polar surface area (TPSA) is 73.0 Å². The fraction of sp³-hybridized carbons (Fsp3) is 0.0833. The van der Waals surface area contributed by atoms with Crippen LogP contribution in [0.2, 0.25) is 5.02 Å². The first-order valence-corrected chi connectivity index (χ1v) is 5.81. The molecule has 0 saturated heterocycles. The van der Waals surface area contributed by atoms with Crippen LogP contribution in [0.25, 0.3) is 6.20 Å². The van der Waals surface area contributed by atoms with E-state index in [1.165, 1.54) is 6.07 Å². The van der Waals surface area contributed by atoms with Crippen LogP contribution < -0.4 is 5.32 Å². The fourth-order valence-corrected chi connectivity index (χ4v) is 1.74. The number of nitrogens with zero attached hydrogens (tertiary/aromatic N) is 3. The van der Waals surface area contributed by atoms with E-state index in [1.54, 1.807) is 35.4 Å². The highest BCUT2D eigenvalue weighted by molar-refractivity contribution is 6.30. The second-order valence-electron chi connectivity index (χ2n) is 3.78. The summed E-state index contributed by atoms with van der Waals surface area (Å²) < 4.78 is 1.56. The van der Waals surface area contributed by atoms with E-state index in [-0.39, 0.29) is 5.69 Å². The van der Waals surface area contributed by atoms with E-state index in [0.717, 1.165) is 5.56 Å². The molecule has 1 N–H and O–H groups in total. The van der Waals surface area contributed by atoms with Crippen molar-refractivity contribution in [2.45, 2.75) is 6.54 Å². The quantitative estimate of drug-likeness (QED) is 0.673. The Labute approximate surface area is 114 Å². The molecular formula is C12H11ClN4O2. The van der Waals surface area contributed by atoms with Crippen LogP contribution in [0.4, 0.5) is 11.4 Å². The van der Waals surface area contributed by atoms with Gasteiger partial charge in [0.1, 0.15) is 5.69 Å². The lowest BCUT2D eigenvalue weighted by atomic mass is 10.2. The minimum absolute atomic E-state index is 0.0522. The molecule has 7 heteroatoms. The van der Waals surface area contributed by atoms with Crippen LogP contribution in [0.15, 0.2) is 37.2 Å². The van der Waals surface area contributed by atoms with Gasteiger partial charge in [0.2, 0.25) is 0 Å². The Hall–Kier alpha value is -2.34. The van der Waals surface area contributed by atoms with E-state index in [9.17, 15) is 10.1 Å². The normalized spacial score (nSPS) is 10.2. The average Bonchev–Trinajstić information content (AvgIpc) is 2.85. The molecule has 2 aromatic rings. The molecule has 6 nitrogen and oxygen atoms in total. The number of benzene rings is 1. The lowest BCUT2D eigenvalue weighted by molar-refractivity contribution is -0.383. The molecule has 0 bridgehead atoms. The maximum Gasteiger partial charge on any atom is 0.293 e. The molecular weight excluding hydrogens is 268 g/mol. The van der Waals surface area contributed by atoms with Gasteiger partial charge >= 0.3 is 0 Å². The van der Waals surface area contributed by atoms with Crippen molar-refractivity contribution in [2.75, 3.05) is 5.32 Å². The smallest absolute Gasteiger partial charge is 0.293 e. The molecule has 0 radical (unpaired) electrons. The summed E-state index contributed by atoms with van der Waals surface area (Å²) in [7, 11) is 0. The van der Waals surface area contributed by atoms with Crippen molar-refractivity contribution in [1.82, 2.24) is 9.78 Å². The van der Waals surface area contributed by atoms with Crippen molar-refractivity contribution < 1.29 is 4.92 Å². The van der Waals surface area contributed by atoms with Crippen LogP contribution in [0.1, 0.15) is 5.56 Å². The zero-order valence-corrected chi connectivity index (χ0v) is 10.7. The van der Waals surface area contributed by atoms with Crippen LogP contribution in [0.5, 0.6) is 0 Å². The monoisotopic (exact) mass is 278 g/mol. The van der Waals surface area contributed by atoms with Gasteiger partial charge in [-0.2, -0.15) is 5.10 Å². The standard InChI is InChI=1S/C12H11ClN4O2/c1-2-16-8-9(7-15-16)6-14-11-4-3-10(13)5-12(11)17(18)19/h2-5,7-8,14H,1,6H2. The molecule has 0 unspecified atom stereocenters. The predicted molar refractivity (Wildman–Crippen MR) is 74.0 cm³/mol. The van der Waals surface area contributed by atoms with Gasteiger partial charge in [-0.3, -0.25) is 10.1 Å². The lowest BCUT2D eigenvalue weighted by Crippen LogP contribution is -2.02. The Kier molecular flexibility index (Phi) is 3.82. The minimum atomic E-state index is -0.471. The Balaban J connectivity index is 2.14. The summed E-state index contributed by atoms with van der Waals surface area (Å²) in [6.45, 7) is 4.01. The molecule has 1 heterocycles. The van der Waals surface area contributed by atoms with E-state index >= 15 is 0 Å². The molecule has 98 valence electrons. The summed E-state index contributed by atoms with van der Waals surface area (Å²) in [4.78, 5) is 10.4. The van der Waals surface area contributed by atoms with Crippen LogP contribution >= 0.6 is 11.6 Å². The average molecular weight is 279 g/mol. The number of aromatic nitrogens is 2. The van der Waals surface area contributed by atoms with Crippen molar-refractivity contribution in [3.63, 3.8) is 0 Å². The van der Waals surface area contributed by atoms with Gasteiger partial charge in [0.05, 0.1) is 11.1 Å². The first-order chi connectivity index (χ1) is 9.10. The molecule has 0 fully saturated rings. The Morgan fingerprint density at radius 2 is 2.37 bits per heavy atom. The summed E-state index contributed by atoms with van der Waals surface area (Å²) in [5.41, 5.74) is 1.26. The number of nitro groups is 1. The minimum Gasteiger partial charge on any atom is -0.375 e. The molecule has 2 rings (SSSR count). The van der Waals surface area contributed by atoms with Crippen molar-refractivity contribution in [3.05, 3.63) is 57.9 Å². The molecule has 0 aliphatic carbocycles. The SMILES string of the molecule is C=Cn1cc(CNc2ccc(Cl)cc2[N+](=O)[O-])cn1. The Morgan fingerprint density at radius 3 is 3.00 bits per heavy atom. The number of nitro benzene ring substituents is 1. The van der Waals surface area contributed by atoms with Gasteiger partial charge in [-0.15, -0.1) is 0 Å². The zero-order chi connectivity index (χ0) is 13.8. The van der Waals surface area contributed by atoms with E-state index < -0.39 is 4.92 Å². The van der Waals surface area contributed by atoms with Gasteiger partial charge in [0.25, 0.3) is 5.69 Å². The summed E-state index contributed by atoms with van der Waals surface area (Å²) >= 11 is 5.74. The third-order valence-corrected chi connectivity index (χ3v) is 2.72. The molecule has 1 aromatic heterocycles. The van der Waals surface area contributed by atoms with E-state index in [0.29, 0.717) is 17.3 Å². The molecule has 0 spiro atoms. The maximum absolute atomic E-state index is 10.9. The molecule has 0 aliphatic heterocycles. The van der Waals surface area contributed by atoms with E-state index in [1.807, 2.05) is 0 Å². The predicted octanol–water partition coefficient (Wildman–Crippen LogP) is 3.16. The third-order valence-electron chi connectivity index (χ3n) is 2.48. The van der Waals surface area contributed by atoms with Crippen molar-refractivity contribution in [3.8, 4) is 0 Å². The fourth-order valence-electron chi connectivity index (χ4n) is 1.57. The number of anilines is 1. The molecule has 0 amide bonds. The number of hydrogen-bond acceptors (Lipinski definition) is 4. The van der Waals surface area contributed by atoms with Crippen LogP contribution in [-0.2, 0) is 6.54 Å². The van der Waals surface area contributed by atoms with Crippen LogP contribution in [0, 0.1) is 10.1 Å². The summed E-state index contributed by atoms with van der Waals surface area (Å²) in [6, 6.07) is 4.50.